The lowest BCUT2D eigenvalue weighted by Crippen LogP contribution is -2.02. The summed E-state index contributed by atoms with van der Waals surface area (Å²) in [7, 11) is -2.11. The first-order valence-corrected chi connectivity index (χ1v) is 4.06. The lowest BCUT2D eigenvalue weighted by Gasteiger charge is -2.05. The summed E-state index contributed by atoms with van der Waals surface area (Å²) in [5.41, 5.74) is 0. The van der Waals surface area contributed by atoms with Gasteiger partial charge in [0.15, 0.2) is 0 Å². The van der Waals surface area contributed by atoms with Crippen LogP contribution < -0.4 is 4.52 Å². The maximum absolute atomic E-state index is 12.6. The zero-order valence-corrected chi connectivity index (χ0v) is 7.44. The molecule has 1 unspecified atom stereocenters. The lowest BCUT2D eigenvalue weighted by atomic mass is 10.3. The second-order valence-electron chi connectivity index (χ2n) is 2.11. The summed E-state index contributed by atoms with van der Waals surface area (Å²) in [4.78, 5) is 0. The average molecular weight is 232 g/mol. The Morgan fingerprint density at radius 1 is 0.786 bits per heavy atom. The van der Waals surface area contributed by atoms with Crippen molar-refractivity contribution in [2.24, 2.45) is 0 Å². The van der Waals surface area contributed by atoms with Gasteiger partial charge in [-0.2, -0.15) is 8.78 Å². The molecule has 0 saturated carbocycles. The molecule has 0 spiro atoms. The molecule has 1 atom stereocenters. The minimum absolute atomic E-state index is 1.52. The third-order valence-electron chi connectivity index (χ3n) is 1.34. The molecule has 0 saturated heterocycles. The highest BCUT2D eigenvalue weighted by Gasteiger charge is 2.26. The first-order chi connectivity index (χ1) is 6.50. The Morgan fingerprint density at radius 3 is 1.50 bits per heavy atom. The molecule has 14 heavy (non-hydrogen) atoms. The molecule has 0 radical (unpaired) electrons. The number of halogens is 5. The van der Waals surface area contributed by atoms with Crippen LogP contribution in [0.4, 0.5) is 22.0 Å². The summed E-state index contributed by atoms with van der Waals surface area (Å²) in [5.74, 6) is -12.3. The van der Waals surface area contributed by atoms with Crippen molar-refractivity contribution >= 4 is 8.69 Å². The van der Waals surface area contributed by atoms with Gasteiger partial charge in [0.2, 0.25) is 43.5 Å². The molecule has 0 aliphatic carbocycles. The summed E-state index contributed by atoms with van der Waals surface area (Å²) in [5, 5.41) is 0. The van der Waals surface area contributed by atoms with E-state index < -0.39 is 43.5 Å². The molecule has 0 heterocycles. The van der Waals surface area contributed by atoms with Crippen molar-refractivity contribution in [1.82, 2.24) is 0 Å². The first kappa shape index (κ1) is 11.0. The van der Waals surface area contributed by atoms with Crippen molar-refractivity contribution in [3.63, 3.8) is 0 Å². The molecule has 78 valence electrons. The van der Waals surface area contributed by atoms with Gasteiger partial charge in [-0.1, -0.05) is 0 Å². The van der Waals surface area contributed by atoms with E-state index in [1.807, 2.05) is 0 Å². The van der Waals surface area contributed by atoms with Crippen LogP contribution in [0.15, 0.2) is 0 Å². The minimum atomic E-state index is -2.28. The highest BCUT2D eigenvalue weighted by molar-refractivity contribution is 7.17. The van der Waals surface area contributed by atoms with Crippen LogP contribution in [-0.2, 0) is 4.57 Å². The van der Waals surface area contributed by atoms with Crippen molar-refractivity contribution in [1.29, 1.82) is 0 Å². The number of benzene rings is 1. The zero-order chi connectivity index (χ0) is 10.9. The SMILES string of the molecule is O=[PH2]Oc1c(F)c(F)c(F)c(F)c1F. The van der Waals surface area contributed by atoms with Gasteiger partial charge in [0.05, 0.1) is 0 Å². The van der Waals surface area contributed by atoms with Crippen LogP contribution in [0.5, 0.6) is 5.75 Å². The first-order valence-electron chi connectivity index (χ1n) is 3.12. The number of rotatable bonds is 2. The van der Waals surface area contributed by atoms with Gasteiger partial charge in [0, 0.05) is 0 Å². The van der Waals surface area contributed by atoms with E-state index in [1.54, 1.807) is 0 Å². The van der Waals surface area contributed by atoms with Gasteiger partial charge < -0.3 is 4.52 Å². The van der Waals surface area contributed by atoms with Crippen molar-refractivity contribution in [2.45, 2.75) is 0 Å². The van der Waals surface area contributed by atoms with Crippen LogP contribution in [0.25, 0.3) is 0 Å². The van der Waals surface area contributed by atoms with Crippen molar-refractivity contribution in [2.75, 3.05) is 0 Å². The Bertz CT molecular complexity index is 365. The number of hydrogen-bond donors (Lipinski definition) is 0. The standard InChI is InChI=1S/C6H2F5O2P/c7-1-2(8)4(10)6(13-14-12)5(11)3(1)9/h14H2. The van der Waals surface area contributed by atoms with E-state index in [1.165, 1.54) is 0 Å². The largest absolute Gasteiger partial charge is 0.440 e. The average Bonchev–Trinajstić information content (AvgIpc) is 2.19. The summed E-state index contributed by atoms with van der Waals surface area (Å²) in [6.07, 6.45) is 0. The van der Waals surface area contributed by atoms with Crippen LogP contribution in [0.3, 0.4) is 0 Å². The summed E-state index contributed by atoms with van der Waals surface area (Å²) in [6.45, 7) is 0. The fourth-order valence-electron chi connectivity index (χ4n) is 0.736. The Balaban J connectivity index is 3.50. The molecule has 0 aliphatic rings. The van der Waals surface area contributed by atoms with Crippen LogP contribution in [-0.4, -0.2) is 0 Å². The minimum Gasteiger partial charge on any atom is -0.440 e. The Morgan fingerprint density at radius 2 is 1.14 bits per heavy atom. The highest BCUT2D eigenvalue weighted by Crippen LogP contribution is 2.30. The van der Waals surface area contributed by atoms with Gasteiger partial charge >= 0.3 is 0 Å². The van der Waals surface area contributed by atoms with Gasteiger partial charge in [-0.3, -0.25) is 4.57 Å². The van der Waals surface area contributed by atoms with Crippen molar-refractivity contribution in [3.05, 3.63) is 29.1 Å². The van der Waals surface area contributed by atoms with Gasteiger partial charge in [-0.15, -0.1) is 0 Å². The van der Waals surface area contributed by atoms with Crippen LogP contribution in [0.1, 0.15) is 0 Å². The normalized spacial score (nSPS) is 11.2. The summed E-state index contributed by atoms with van der Waals surface area (Å²) in [6, 6.07) is 0. The summed E-state index contributed by atoms with van der Waals surface area (Å²) >= 11 is 0. The van der Waals surface area contributed by atoms with E-state index in [0.717, 1.165) is 0 Å². The molecule has 1 aromatic rings. The van der Waals surface area contributed by atoms with Gasteiger partial charge in [-0.25, -0.2) is 13.2 Å². The van der Waals surface area contributed by atoms with E-state index in [-0.39, 0.29) is 0 Å². The Kier molecular flexibility index (Phi) is 3.10. The molecule has 0 bridgehead atoms. The molecule has 0 N–H and O–H groups in total. The van der Waals surface area contributed by atoms with E-state index in [0.29, 0.717) is 0 Å². The van der Waals surface area contributed by atoms with E-state index in [4.69, 9.17) is 0 Å². The van der Waals surface area contributed by atoms with E-state index in [2.05, 4.69) is 4.52 Å². The monoisotopic (exact) mass is 232 g/mol. The van der Waals surface area contributed by atoms with E-state index >= 15 is 0 Å². The fourth-order valence-corrected chi connectivity index (χ4v) is 1.04. The summed E-state index contributed by atoms with van der Waals surface area (Å²) < 4.78 is 76.1. The smallest absolute Gasteiger partial charge is 0.225 e. The fraction of sp³-hybridized carbons (Fsp3) is 0. The Hall–Kier alpha value is -1.10. The molecule has 0 aliphatic heterocycles. The maximum Gasteiger partial charge on any atom is 0.225 e. The molecule has 8 heteroatoms. The van der Waals surface area contributed by atoms with Gasteiger partial charge in [0.25, 0.3) is 0 Å². The number of hydrogen-bond acceptors (Lipinski definition) is 2. The van der Waals surface area contributed by atoms with Crippen molar-refractivity contribution in [3.8, 4) is 5.75 Å². The van der Waals surface area contributed by atoms with Gasteiger partial charge in [-0.05, 0) is 0 Å². The molecule has 0 fully saturated rings. The van der Waals surface area contributed by atoms with Crippen molar-refractivity contribution < 1.29 is 31.0 Å². The highest BCUT2D eigenvalue weighted by atomic mass is 31.1. The lowest BCUT2D eigenvalue weighted by molar-refractivity contribution is 0.351. The predicted octanol–water partition coefficient (Wildman–Crippen LogP) is 2.43. The molecule has 1 rings (SSSR count). The van der Waals surface area contributed by atoms with Crippen LogP contribution in [0.2, 0.25) is 0 Å². The van der Waals surface area contributed by atoms with Gasteiger partial charge in [0.1, 0.15) is 0 Å². The second-order valence-corrected chi connectivity index (χ2v) is 2.54. The van der Waals surface area contributed by atoms with E-state index in [9.17, 15) is 26.5 Å². The molecular weight excluding hydrogens is 230 g/mol. The molecule has 0 aromatic heterocycles. The molecule has 0 amide bonds. The third-order valence-corrected chi connectivity index (χ3v) is 1.67. The quantitative estimate of drug-likeness (QED) is 0.339. The van der Waals surface area contributed by atoms with Crippen LogP contribution >= 0.6 is 8.69 Å². The second kappa shape index (κ2) is 3.96. The maximum atomic E-state index is 12.6. The molecular formula is C6H2F5O2P. The third kappa shape index (κ3) is 1.59. The molecule has 2 nitrogen and oxygen atoms in total. The topological polar surface area (TPSA) is 26.3 Å². The molecule has 1 aromatic carbocycles. The predicted molar refractivity (Wildman–Crippen MR) is 37.3 cm³/mol. The zero-order valence-electron chi connectivity index (χ0n) is 6.28. The van der Waals surface area contributed by atoms with Crippen LogP contribution in [0, 0.1) is 29.1 Å². The Labute approximate surface area is 75.6 Å².